The molecule has 2 atom stereocenters. The summed E-state index contributed by atoms with van der Waals surface area (Å²) in [4.78, 5) is 38.2. The first-order valence-electron chi connectivity index (χ1n) is 41.3. The first-order valence-corrected chi connectivity index (χ1v) is 42.8. The third-order valence-electron chi connectivity index (χ3n) is 18.4. The van der Waals surface area contributed by atoms with Crippen LogP contribution >= 0.6 is 7.82 Å². The first kappa shape index (κ1) is 93.2. The summed E-state index contributed by atoms with van der Waals surface area (Å²) >= 11 is 0. The number of phosphoric acid groups is 1. The third-order valence-corrected chi connectivity index (χ3v) is 19.4. The van der Waals surface area contributed by atoms with Gasteiger partial charge in [-0.3, -0.25) is 14.2 Å². The summed E-state index contributed by atoms with van der Waals surface area (Å²) in [6.45, 7) is 4.19. The summed E-state index contributed by atoms with van der Waals surface area (Å²) in [5.74, 6) is -0.815. The average Bonchev–Trinajstić information content (AvgIpc) is 2.72. The number of esters is 2. The highest BCUT2D eigenvalue weighted by atomic mass is 31.2. The van der Waals surface area contributed by atoms with Crippen LogP contribution in [-0.2, 0) is 32.7 Å². The molecule has 0 amide bonds. The van der Waals surface area contributed by atoms with Crippen LogP contribution in [-0.4, -0.2) is 70.0 Å². The number of quaternary nitrogens is 1. The summed E-state index contributed by atoms with van der Waals surface area (Å²) in [5, 5.41) is 0. The predicted octanol–water partition coefficient (Wildman–Crippen LogP) is 27.0. The van der Waals surface area contributed by atoms with Crippen molar-refractivity contribution >= 4 is 19.8 Å². The Balaban J connectivity index is 3.93. The monoisotopic (exact) mass is 1360 g/mol. The van der Waals surface area contributed by atoms with E-state index in [1.54, 1.807) is 0 Å². The number of hydrogen-bond acceptors (Lipinski definition) is 8. The average molecular weight is 1370 g/mol. The smallest absolute Gasteiger partial charge is 0.306 e. The third kappa shape index (κ3) is 80.2. The predicted molar refractivity (Wildman–Crippen MR) is 416 cm³/mol. The number of ether oxygens (including phenoxy) is 2. The number of hydrogen-bond donors (Lipinski definition) is 0. The molecule has 9 nitrogen and oxygen atoms in total. The van der Waals surface area contributed by atoms with Crippen molar-refractivity contribution in [2.45, 2.75) is 405 Å². The minimum absolute atomic E-state index is 0.0306. The molecule has 560 valence electrons. The molecule has 0 N–H and O–H groups in total. The summed E-state index contributed by atoms with van der Waals surface area (Å²) in [6.07, 6.45) is 106. The molecule has 2 unspecified atom stereocenters. The number of allylic oxidation sites excluding steroid dienone is 14. The van der Waals surface area contributed by atoms with Gasteiger partial charge < -0.3 is 27.9 Å². The zero-order chi connectivity index (χ0) is 69.7. The highest BCUT2D eigenvalue weighted by molar-refractivity contribution is 7.45. The van der Waals surface area contributed by atoms with Gasteiger partial charge in [-0.2, -0.15) is 0 Å². The van der Waals surface area contributed by atoms with E-state index in [-0.39, 0.29) is 32.0 Å². The van der Waals surface area contributed by atoms with Gasteiger partial charge in [-0.05, 0) is 70.6 Å². The second kappa shape index (κ2) is 76.4. The van der Waals surface area contributed by atoms with Gasteiger partial charge in [0.2, 0.25) is 0 Å². The van der Waals surface area contributed by atoms with Crippen LogP contribution in [0.4, 0.5) is 0 Å². The van der Waals surface area contributed by atoms with Crippen LogP contribution in [0.15, 0.2) is 85.1 Å². The van der Waals surface area contributed by atoms with E-state index in [1.165, 1.54) is 283 Å². The number of nitrogens with zero attached hydrogens (tertiary/aromatic N) is 1. The van der Waals surface area contributed by atoms with E-state index in [0.717, 1.165) is 83.5 Å². The van der Waals surface area contributed by atoms with Crippen LogP contribution in [0.1, 0.15) is 399 Å². The number of phosphoric ester groups is 1. The molecule has 0 aromatic heterocycles. The van der Waals surface area contributed by atoms with E-state index in [0.29, 0.717) is 17.4 Å². The molecule has 0 aliphatic rings. The van der Waals surface area contributed by atoms with Crippen molar-refractivity contribution in [2.75, 3.05) is 47.5 Å². The molecule has 96 heavy (non-hydrogen) atoms. The Morgan fingerprint density at radius 1 is 0.333 bits per heavy atom. The lowest BCUT2D eigenvalue weighted by Crippen LogP contribution is -2.37. The Morgan fingerprint density at radius 3 is 0.885 bits per heavy atom. The Labute approximate surface area is 596 Å². The van der Waals surface area contributed by atoms with Gasteiger partial charge in [0.15, 0.2) is 6.10 Å². The lowest BCUT2D eigenvalue weighted by Gasteiger charge is -2.28. The lowest BCUT2D eigenvalue weighted by atomic mass is 10.0. The van der Waals surface area contributed by atoms with E-state index in [4.69, 9.17) is 18.5 Å². The molecule has 10 heteroatoms. The SMILES string of the molecule is CC/C=C\C/C=C\C/C=C\C/C=C\C/C=C\C/C=C\C/C=C\CCCCCCCCCCCCCCCCCC(=O)OC(COC(=O)CCCCCCCCCCCCCCCCCCCCCCCCCCCCCCCCCCCCC)COP(=O)([O-])OCC[N+](C)(C)C. The zero-order valence-electron chi connectivity index (χ0n) is 64.1. The fraction of sp³-hybridized carbons (Fsp3) is 0.814. The van der Waals surface area contributed by atoms with Gasteiger partial charge in [0.25, 0.3) is 7.82 Å². The van der Waals surface area contributed by atoms with Crippen molar-refractivity contribution in [1.82, 2.24) is 0 Å². The van der Waals surface area contributed by atoms with Crippen molar-refractivity contribution < 1.29 is 42.1 Å². The highest BCUT2D eigenvalue weighted by Crippen LogP contribution is 2.38. The standard InChI is InChI=1S/C86H158NO8P/c1-6-8-10-12-14-16-18-20-22-24-26-28-30-32-34-36-38-40-42-43-45-47-49-51-53-55-57-59-61-63-65-67-69-71-73-75-77-79-86(89)95-84(83-94-96(90,91)93-81-80-87(3,4)5)82-92-85(88)78-76-74-72-70-68-66-64-62-60-58-56-54-52-50-48-46-44-41-39-37-35-33-31-29-27-25-23-21-19-17-15-13-11-9-7-2/h8,10,14,16,20,22,26,28,32,34,38,40,43,45,84H,6-7,9,11-13,15,17-19,21,23-25,27,29-31,33,35-37,39,41-42,44,46-83H2,1-5H3/b10-8-,16-14-,22-20-,28-26-,34-32-,40-38-,45-43-. The molecule has 0 spiro atoms. The molecule has 0 aromatic carbocycles. The van der Waals surface area contributed by atoms with Crippen molar-refractivity contribution in [3.63, 3.8) is 0 Å². The molecule has 0 rings (SSSR count). The molecule has 0 radical (unpaired) electrons. The van der Waals surface area contributed by atoms with E-state index in [2.05, 4.69) is 98.9 Å². The Morgan fingerprint density at radius 2 is 0.594 bits per heavy atom. The molecule has 0 fully saturated rings. The summed E-state index contributed by atoms with van der Waals surface area (Å²) in [5.41, 5.74) is 0. The Kier molecular flexibility index (Phi) is 74.1. The van der Waals surface area contributed by atoms with E-state index >= 15 is 0 Å². The minimum atomic E-state index is -4.65. The van der Waals surface area contributed by atoms with Gasteiger partial charge in [-0.15, -0.1) is 0 Å². The van der Waals surface area contributed by atoms with Gasteiger partial charge in [-0.25, -0.2) is 0 Å². The van der Waals surface area contributed by atoms with Gasteiger partial charge in [0.05, 0.1) is 27.7 Å². The first-order chi connectivity index (χ1) is 47.0. The second-order valence-corrected chi connectivity index (χ2v) is 30.5. The van der Waals surface area contributed by atoms with E-state index in [1.807, 2.05) is 21.1 Å². The molecule has 0 aliphatic heterocycles. The number of likely N-dealkylation sites (N-methyl/N-ethyl adjacent to an activating group) is 1. The van der Waals surface area contributed by atoms with Crippen LogP contribution in [0.3, 0.4) is 0 Å². The molecule has 0 heterocycles. The molecule has 0 aliphatic carbocycles. The zero-order valence-corrected chi connectivity index (χ0v) is 65.0. The maximum absolute atomic E-state index is 12.9. The second-order valence-electron chi connectivity index (χ2n) is 29.1. The van der Waals surface area contributed by atoms with Gasteiger partial charge in [0, 0.05) is 12.8 Å². The Hall–Kier alpha value is -2.81. The van der Waals surface area contributed by atoms with Crippen LogP contribution in [0.25, 0.3) is 0 Å². The lowest BCUT2D eigenvalue weighted by molar-refractivity contribution is -0.870. The molecule has 0 bridgehead atoms. The molecule has 0 saturated carbocycles. The van der Waals surface area contributed by atoms with Crippen LogP contribution < -0.4 is 4.89 Å². The van der Waals surface area contributed by atoms with E-state index in [9.17, 15) is 19.0 Å². The summed E-state index contributed by atoms with van der Waals surface area (Å²) in [7, 11) is 1.18. The quantitative estimate of drug-likeness (QED) is 0.0195. The normalized spacial score (nSPS) is 13.4. The largest absolute Gasteiger partial charge is 0.756 e. The van der Waals surface area contributed by atoms with Gasteiger partial charge in [0.1, 0.15) is 19.8 Å². The van der Waals surface area contributed by atoms with Gasteiger partial charge >= 0.3 is 11.9 Å². The van der Waals surface area contributed by atoms with E-state index < -0.39 is 26.5 Å². The number of carbonyl (C=O) groups excluding carboxylic acids is 2. The van der Waals surface area contributed by atoms with Gasteiger partial charge in [-0.1, -0.05) is 401 Å². The minimum Gasteiger partial charge on any atom is -0.756 e. The number of carbonyl (C=O) groups is 2. The molecule has 0 saturated heterocycles. The van der Waals surface area contributed by atoms with Crippen molar-refractivity contribution in [3.8, 4) is 0 Å². The van der Waals surface area contributed by atoms with Crippen molar-refractivity contribution in [2.24, 2.45) is 0 Å². The van der Waals surface area contributed by atoms with Crippen LogP contribution in [0, 0.1) is 0 Å². The van der Waals surface area contributed by atoms with Crippen molar-refractivity contribution in [3.05, 3.63) is 85.1 Å². The molecular weight excluding hydrogens is 1210 g/mol. The summed E-state index contributed by atoms with van der Waals surface area (Å²) < 4.78 is 34.4. The summed E-state index contributed by atoms with van der Waals surface area (Å²) in [6, 6.07) is 0. The maximum Gasteiger partial charge on any atom is 0.306 e. The van der Waals surface area contributed by atoms with Crippen LogP contribution in [0.5, 0.6) is 0 Å². The fourth-order valence-corrected chi connectivity index (χ4v) is 12.9. The fourth-order valence-electron chi connectivity index (χ4n) is 12.2. The number of unbranched alkanes of at least 4 members (excludes halogenated alkanes) is 49. The Bertz CT molecular complexity index is 1900. The van der Waals surface area contributed by atoms with Crippen LogP contribution in [0.2, 0.25) is 0 Å². The number of rotatable bonds is 77. The topological polar surface area (TPSA) is 111 Å². The van der Waals surface area contributed by atoms with Crippen molar-refractivity contribution in [1.29, 1.82) is 0 Å². The highest BCUT2D eigenvalue weighted by Gasteiger charge is 2.22. The molecule has 0 aromatic rings. The maximum atomic E-state index is 12.9. The molecular formula is C86H158NO8P.